The zero-order chi connectivity index (χ0) is 19.2. The summed E-state index contributed by atoms with van der Waals surface area (Å²) in [5.41, 5.74) is 1.01. The van der Waals surface area contributed by atoms with Crippen LogP contribution in [0.3, 0.4) is 0 Å². The molecular formula is C19H30NO5P. The average molecular weight is 383 g/mol. The fourth-order valence-corrected chi connectivity index (χ4v) is 5.72. The highest BCUT2D eigenvalue weighted by atomic mass is 31.2. The van der Waals surface area contributed by atoms with Gasteiger partial charge < -0.3 is 20.4 Å². The first kappa shape index (κ1) is 21.1. The molecular weight excluding hydrogens is 353 g/mol. The van der Waals surface area contributed by atoms with Gasteiger partial charge in [-0.05, 0) is 43.4 Å². The third kappa shape index (κ3) is 6.84. The summed E-state index contributed by atoms with van der Waals surface area (Å²) in [4.78, 5) is 21.3. The quantitative estimate of drug-likeness (QED) is 0.488. The summed E-state index contributed by atoms with van der Waals surface area (Å²) in [6.07, 6.45) is 4.78. The Morgan fingerprint density at radius 3 is 2.65 bits per heavy atom. The second-order valence-electron chi connectivity index (χ2n) is 7.43. The number of nitrogens with one attached hydrogen (secondary N) is 1. The predicted octanol–water partition coefficient (Wildman–Crippen LogP) is 3.25. The number of carboxylic acid groups (broad SMARTS) is 1. The SMILES string of the molecule is CC(NC[C@H](O)CP(=O)(O)CC1CCCCC1)c1cccc(C(=O)O)c1. The van der Waals surface area contributed by atoms with Crippen LogP contribution in [0.4, 0.5) is 0 Å². The molecule has 6 nitrogen and oxygen atoms in total. The van der Waals surface area contributed by atoms with E-state index in [9.17, 15) is 19.4 Å². The topological polar surface area (TPSA) is 107 Å². The summed E-state index contributed by atoms with van der Waals surface area (Å²) in [5, 5.41) is 22.3. The molecule has 1 saturated carbocycles. The number of hydrogen-bond acceptors (Lipinski definition) is 4. The lowest BCUT2D eigenvalue weighted by molar-refractivity contribution is 0.0696. The van der Waals surface area contributed by atoms with Gasteiger partial charge in [0.25, 0.3) is 0 Å². The van der Waals surface area contributed by atoms with Crippen LogP contribution >= 0.6 is 7.37 Å². The van der Waals surface area contributed by atoms with E-state index in [-0.39, 0.29) is 24.3 Å². The lowest BCUT2D eigenvalue weighted by Gasteiger charge is -2.25. The molecule has 1 aromatic rings. The molecule has 146 valence electrons. The minimum atomic E-state index is -3.34. The van der Waals surface area contributed by atoms with Crippen molar-refractivity contribution >= 4 is 13.3 Å². The molecule has 1 aliphatic carbocycles. The Hall–Kier alpha value is -1.20. The normalized spacial score (nSPS) is 20.3. The van der Waals surface area contributed by atoms with Crippen LogP contribution in [-0.2, 0) is 4.57 Å². The fourth-order valence-electron chi connectivity index (χ4n) is 3.61. The summed E-state index contributed by atoms with van der Waals surface area (Å²) in [6.45, 7) is 2.06. The molecule has 0 amide bonds. The first-order chi connectivity index (χ1) is 12.3. The molecule has 1 aliphatic rings. The number of aliphatic hydroxyl groups is 1. The van der Waals surface area contributed by atoms with Crippen LogP contribution in [0.25, 0.3) is 0 Å². The number of hydrogen-bond donors (Lipinski definition) is 4. The lowest BCUT2D eigenvalue weighted by Crippen LogP contribution is -2.32. The zero-order valence-corrected chi connectivity index (χ0v) is 16.2. The highest BCUT2D eigenvalue weighted by Gasteiger charge is 2.28. The number of carbonyl (C=O) groups is 1. The summed E-state index contributed by atoms with van der Waals surface area (Å²) in [7, 11) is -3.34. The highest BCUT2D eigenvalue weighted by Crippen LogP contribution is 2.45. The number of benzene rings is 1. The smallest absolute Gasteiger partial charge is 0.335 e. The van der Waals surface area contributed by atoms with Crippen LogP contribution in [-0.4, -0.2) is 46.0 Å². The molecule has 2 rings (SSSR count). The maximum atomic E-state index is 12.4. The van der Waals surface area contributed by atoms with Crippen LogP contribution in [0.1, 0.15) is 61.0 Å². The van der Waals surface area contributed by atoms with Gasteiger partial charge in [0.05, 0.1) is 17.8 Å². The first-order valence-electron chi connectivity index (χ1n) is 9.32. The van der Waals surface area contributed by atoms with Gasteiger partial charge in [-0.1, -0.05) is 31.4 Å². The van der Waals surface area contributed by atoms with Crippen molar-refractivity contribution in [1.82, 2.24) is 5.32 Å². The van der Waals surface area contributed by atoms with Gasteiger partial charge in [-0.25, -0.2) is 4.79 Å². The van der Waals surface area contributed by atoms with E-state index in [1.807, 2.05) is 13.0 Å². The number of rotatable bonds is 9. The molecule has 0 saturated heterocycles. The Kier molecular flexibility index (Phi) is 7.84. The first-order valence-corrected chi connectivity index (χ1v) is 11.4. The van der Waals surface area contributed by atoms with Crippen molar-refractivity contribution in [3.05, 3.63) is 35.4 Å². The lowest BCUT2D eigenvalue weighted by atomic mass is 9.91. The Morgan fingerprint density at radius 2 is 2.00 bits per heavy atom. The minimum Gasteiger partial charge on any atom is -0.478 e. The van der Waals surface area contributed by atoms with Gasteiger partial charge in [-0.15, -0.1) is 0 Å². The maximum Gasteiger partial charge on any atom is 0.335 e. The molecule has 7 heteroatoms. The second kappa shape index (κ2) is 9.65. The molecule has 26 heavy (non-hydrogen) atoms. The molecule has 2 unspecified atom stereocenters. The maximum absolute atomic E-state index is 12.4. The monoisotopic (exact) mass is 383 g/mol. The summed E-state index contributed by atoms with van der Waals surface area (Å²) >= 11 is 0. The molecule has 1 aromatic carbocycles. The molecule has 0 aromatic heterocycles. The van der Waals surface area contributed by atoms with Crippen molar-refractivity contribution in [2.24, 2.45) is 5.92 Å². The largest absolute Gasteiger partial charge is 0.478 e. The van der Waals surface area contributed by atoms with Gasteiger partial charge >= 0.3 is 5.97 Å². The van der Waals surface area contributed by atoms with E-state index < -0.39 is 19.4 Å². The van der Waals surface area contributed by atoms with Crippen molar-refractivity contribution in [3.8, 4) is 0 Å². The highest BCUT2D eigenvalue weighted by molar-refractivity contribution is 7.58. The van der Waals surface area contributed by atoms with Gasteiger partial charge in [-0.2, -0.15) is 0 Å². The Labute approximate surface area is 155 Å². The molecule has 3 atom stereocenters. The van der Waals surface area contributed by atoms with Crippen LogP contribution in [0.2, 0.25) is 0 Å². The molecule has 1 fully saturated rings. The van der Waals surface area contributed by atoms with Gasteiger partial charge in [0.1, 0.15) is 0 Å². The van der Waals surface area contributed by atoms with E-state index in [2.05, 4.69) is 5.32 Å². The number of aliphatic hydroxyl groups excluding tert-OH is 1. The predicted molar refractivity (Wildman–Crippen MR) is 102 cm³/mol. The molecule has 0 aliphatic heterocycles. The van der Waals surface area contributed by atoms with Crippen LogP contribution in [0.5, 0.6) is 0 Å². The van der Waals surface area contributed by atoms with E-state index >= 15 is 0 Å². The van der Waals surface area contributed by atoms with E-state index in [0.29, 0.717) is 12.1 Å². The molecule has 4 N–H and O–H groups in total. The van der Waals surface area contributed by atoms with Crippen LogP contribution in [0, 0.1) is 5.92 Å². The number of carboxylic acids is 1. The van der Waals surface area contributed by atoms with Gasteiger partial charge in [0.2, 0.25) is 7.37 Å². The van der Waals surface area contributed by atoms with Crippen molar-refractivity contribution in [1.29, 1.82) is 0 Å². The average Bonchev–Trinajstić information content (AvgIpc) is 2.59. The van der Waals surface area contributed by atoms with E-state index in [4.69, 9.17) is 5.11 Å². The third-order valence-electron chi connectivity index (χ3n) is 5.06. The molecule has 0 radical (unpaired) electrons. The summed E-state index contributed by atoms with van der Waals surface area (Å²) in [5.74, 6) is -0.680. The fraction of sp³-hybridized carbons (Fsp3) is 0.632. The minimum absolute atomic E-state index is 0.0988. The van der Waals surface area contributed by atoms with Crippen molar-refractivity contribution < 1.29 is 24.5 Å². The van der Waals surface area contributed by atoms with Gasteiger partial charge in [0, 0.05) is 18.7 Å². The molecule has 0 heterocycles. The van der Waals surface area contributed by atoms with Crippen molar-refractivity contribution in [3.63, 3.8) is 0 Å². The van der Waals surface area contributed by atoms with Gasteiger partial charge in [-0.3, -0.25) is 4.57 Å². The van der Waals surface area contributed by atoms with E-state index in [1.165, 1.54) is 12.5 Å². The Morgan fingerprint density at radius 1 is 1.31 bits per heavy atom. The van der Waals surface area contributed by atoms with Crippen LogP contribution in [0.15, 0.2) is 24.3 Å². The summed E-state index contributed by atoms with van der Waals surface area (Å²) < 4.78 is 12.4. The van der Waals surface area contributed by atoms with E-state index in [1.54, 1.807) is 12.1 Å². The molecule has 0 bridgehead atoms. The molecule has 0 spiro atoms. The second-order valence-corrected chi connectivity index (χ2v) is 9.85. The van der Waals surface area contributed by atoms with Crippen molar-refractivity contribution in [2.75, 3.05) is 18.9 Å². The van der Waals surface area contributed by atoms with Crippen molar-refractivity contribution in [2.45, 2.75) is 51.2 Å². The third-order valence-corrected chi connectivity index (χ3v) is 7.14. The van der Waals surface area contributed by atoms with Gasteiger partial charge in [0.15, 0.2) is 0 Å². The zero-order valence-electron chi connectivity index (χ0n) is 15.3. The number of aromatic carboxylic acids is 1. The Bertz CT molecular complexity index is 645. The Balaban J connectivity index is 1.81. The standard InChI is InChI=1S/C19H30NO5P/c1-14(16-8-5-9-17(10-16)19(22)23)20-11-18(21)13-26(24,25)12-15-6-3-2-4-7-15/h5,8-10,14-15,18,20-21H,2-4,6-7,11-13H2,1H3,(H,22,23)(H,24,25)/t14?,18-/m0/s1. The van der Waals surface area contributed by atoms with E-state index in [0.717, 1.165) is 31.2 Å². The van der Waals surface area contributed by atoms with Crippen LogP contribution < -0.4 is 5.32 Å². The summed E-state index contributed by atoms with van der Waals surface area (Å²) in [6, 6.07) is 6.45.